The molecule has 2 aromatic heterocycles. The maximum absolute atomic E-state index is 12.9. The summed E-state index contributed by atoms with van der Waals surface area (Å²) < 4.78 is 7.16. The Morgan fingerprint density at radius 2 is 1.96 bits per heavy atom. The van der Waals surface area contributed by atoms with Crippen molar-refractivity contribution in [1.82, 2.24) is 19.5 Å². The van der Waals surface area contributed by atoms with Gasteiger partial charge in [-0.05, 0) is 18.2 Å². The fourth-order valence-electron chi connectivity index (χ4n) is 2.72. The number of ether oxygens (including phenoxy) is 1. The highest BCUT2D eigenvalue weighted by Crippen LogP contribution is 2.22. The summed E-state index contributed by atoms with van der Waals surface area (Å²) in [5.74, 6) is 0.943. The Morgan fingerprint density at radius 1 is 1.15 bits per heavy atom. The van der Waals surface area contributed by atoms with Gasteiger partial charge in [0.25, 0.3) is 5.91 Å². The number of carbonyl (C=O) groups excluding carboxylic acids is 1. The van der Waals surface area contributed by atoms with Crippen LogP contribution >= 0.6 is 0 Å². The number of aryl methyl sites for hydroxylation is 1. The van der Waals surface area contributed by atoms with Crippen LogP contribution in [0.15, 0.2) is 54.0 Å². The molecule has 1 aliphatic rings. The van der Waals surface area contributed by atoms with E-state index in [0.717, 1.165) is 5.56 Å². The first-order valence-corrected chi connectivity index (χ1v) is 8.36. The Kier molecular flexibility index (Phi) is 4.48. The smallest absolute Gasteiger partial charge is 0.276 e. The summed E-state index contributed by atoms with van der Waals surface area (Å²) in [7, 11) is 1.75. The molecule has 9 nitrogen and oxygen atoms in total. The van der Waals surface area contributed by atoms with Crippen LogP contribution in [-0.2, 0) is 11.8 Å². The summed E-state index contributed by atoms with van der Waals surface area (Å²) in [6.07, 6.45) is 4.77. The van der Waals surface area contributed by atoms with Gasteiger partial charge in [-0.15, -0.1) is 0 Å². The Hall–Kier alpha value is -3.75. The largest absolute Gasteiger partial charge is 0.475 e. The summed E-state index contributed by atoms with van der Waals surface area (Å²) in [5, 5.41) is 5.88. The van der Waals surface area contributed by atoms with E-state index in [1.807, 2.05) is 18.2 Å². The van der Waals surface area contributed by atoms with Gasteiger partial charge < -0.3 is 19.9 Å². The summed E-state index contributed by atoms with van der Waals surface area (Å²) in [4.78, 5) is 29.7. The number of carbonyl (C=O) groups is 1. The maximum Gasteiger partial charge on any atom is 0.276 e. The minimum atomic E-state index is -0.320. The Labute approximate surface area is 155 Å². The lowest BCUT2D eigenvalue weighted by molar-refractivity contribution is 0.102. The Morgan fingerprint density at radius 3 is 2.74 bits per heavy atom. The molecule has 0 radical (unpaired) electrons. The standard InChI is InChI=1S/C18H17N7O2/c1-25-11-22-15(24-18-20-7-4-8-21-18)14(25)16(26)23-13-6-3-2-5-12(13)17-19-9-10-27-17/h2-8,11H,9-10H2,1H3,(H,23,26)(H,20,21,24). The second kappa shape index (κ2) is 7.24. The lowest BCUT2D eigenvalue weighted by atomic mass is 10.1. The van der Waals surface area contributed by atoms with Gasteiger partial charge >= 0.3 is 0 Å². The van der Waals surface area contributed by atoms with Crippen LogP contribution in [0.25, 0.3) is 0 Å². The number of para-hydroxylation sites is 1. The molecule has 27 heavy (non-hydrogen) atoms. The predicted octanol–water partition coefficient (Wildman–Crippen LogP) is 1.98. The fourth-order valence-corrected chi connectivity index (χ4v) is 2.72. The third-order valence-corrected chi connectivity index (χ3v) is 3.94. The SMILES string of the molecule is Cn1cnc(Nc2ncccn2)c1C(=O)Nc1ccccc1C1=NCCO1. The van der Waals surface area contributed by atoms with Crippen LogP contribution in [-0.4, -0.2) is 44.5 Å². The van der Waals surface area contributed by atoms with Crippen LogP contribution in [0.4, 0.5) is 17.5 Å². The topological polar surface area (TPSA) is 106 Å². The number of benzene rings is 1. The average Bonchev–Trinajstić information content (AvgIpc) is 3.33. The molecule has 1 aromatic carbocycles. The highest BCUT2D eigenvalue weighted by atomic mass is 16.5. The van der Waals surface area contributed by atoms with Crippen LogP contribution in [0, 0.1) is 0 Å². The van der Waals surface area contributed by atoms with Crippen LogP contribution in [0.5, 0.6) is 0 Å². The third kappa shape index (κ3) is 3.47. The van der Waals surface area contributed by atoms with Crippen molar-refractivity contribution in [3.8, 4) is 0 Å². The molecule has 9 heteroatoms. The quantitative estimate of drug-likeness (QED) is 0.718. The van der Waals surface area contributed by atoms with Gasteiger partial charge in [0.1, 0.15) is 6.61 Å². The van der Waals surface area contributed by atoms with Crippen molar-refractivity contribution in [2.24, 2.45) is 12.0 Å². The van der Waals surface area contributed by atoms with Crippen LogP contribution in [0.2, 0.25) is 0 Å². The van der Waals surface area contributed by atoms with E-state index < -0.39 is 0 Å². The fraction of sp³-hybridized carbons (Fsp3) is 0.167. The Bertz CT molecular complexity index is 998. The zero-order valence-electron chi connectivity index (χ0n) is 14.6. The van der Waals surface area contributed by atoms with Gasteiger partial charge in [0, 0.05) is 19.4 Å². The molecular weight excluding hydrogens is 346 g/mol. The number of hydrogen-bond donors (Lipinski definition) is 2. The molecular formula is C18H17N7O2. The zero-order valence-corrected chi connectivity index (χ0v) is 14.6. The van der Waals surface area contributed by atoms with Crippen molar-refractivity contribution in [2.75, 3.05) is 23.8 Å². The minimum absolute atomic E-state index is 0.320. The lowest BCUT2D eigenvalue weighted by Gasteiger charge is -2.12. The molecule has 0 fully saturated rings. The molecule has 0 unspecified atom stereocenters. The number of aliphatic imine (C=N–C) groups is 1. The van der Waals surface area contributed by atoms with E-state index in [1.165, 1.54) is 0 Å². The van der Waals surface area contributed by atoms with Gasteiger partial charge in [-0.2, -0.15) is 0 Å². The van der Waals surface area contributed by atoms with Crippen molar-refractivity contribution < 1.29 is 9.53 Å². The van der Waals surface area contributed by atoms with Crippen molar-refractivity contribution in [2.45, 2.75) is 0 Å². The highest BCUT2D eigenvalue weighted by molar-refractivity contribution is 6.10. The van der Waals surface area contributed by atoms with E-state index in [2.05, 4.69) is 30.6 Å². The van der Waals surface area contributed by atoms with Crippen LogP contribution in [0.1, 0.15) is 16.1 Å². The van der Waals surface area contributed by atoms with Crippen molar-refractivity contribution in [3.63, 3.8) is 0 Å². The molecule has 0 bridgehead atoms. The van der Waals surface area contributed by atoms with Gasteiger partial charge in [-0.25, -0.2) is 19.9 Å². The molecule has 3 aromatic rings. The number of anilines is 3. The van der Waals surface area contributed by atoms with E-state index in [-0.39, 0.29) is 5.91 Å². The molecule has 3 heterocycles. The first-order chi connectivity index (χ1) is 13.2. The molecule has 0 saturated heterocycles. The molecule has 0 saturated carbocycles. The van der Waals surface area contributed by atoms with Gasteiger partial charge in [-0.1, -0.05) is 12.1 Å². The number of amides is 1. The number of rotatable bonds is 5. The zero-order chi connectivity index (χ0) is 18.6. The van der Waals surface area contributed by atoms with E-state index in [9.17, 15) is 4.79 Å². The molecule has 136 valence electrons. The second-order valence-electron chi connectivity index (χ2n) is 5.79. The number of aromatic nitrogens is 4. The first kappa shape index (κ1) is 16.7. The molecule has 1 aliphatic heterocycles. The van der Waals surface area contributed by atoms with Gasteiger partial charge in [0.05, 0.1) is 24.1 Å². The van der Waals surface area contributed by atoms with Crippen molar-refractivity contribution in [3.05, 3.63) is 60.3 Å². The highest BCUT2D eigenvalue weighted by Gasteiger charge is 2.21. The normalized spacial score (nSPS) is 13.0. The van der Waals surface area contributed by atoms with Crippen LogP contribution < -0.4 is 10.6 Å². The third-order valence-electron chi connectivity index (χ3n) is 3.94. The van der Waals surface area contributed by atoms with Gasteiger partial charge in [0.15, 0.2) is 11.5 Å². The molecule has 0 spiro atoms. The Balaban J connectivity index is 1.61. The maximum atomic E-state index is 12.9. The monoisotopic (exact) mass is 363 g/mol. The van der Waals surface area contributed by atoms with E-state index in [4.69, 9.17) is 4.74 Å². The molecule has 2 N–H and O–H groups in total. The van der Waals surface area contributed by atoms with Gasteiger partial charge in [0.2, 0.25) is 11.8 Å². The lowest BCUT2D eigenvalue weighted by Crippen LogP contribution is -2.19. The molecule has 4 rings (SSSR count). The summed E-state index contributed by atoms with van der Waals surface area (Å²) in [5.41, 5.74) is 1.71. The number of nitrogens with one attached hydrogen (secondary N) is 2. The summed E-state index contributed by atoms with van der Waals surface area (Å²) in [6.45, 7) is 1.16. The van der Waals surface area contributed by atoms with Crippen molar-refractivity contribution in [1.29, 1.82) is 0 Å². The minimum Gasteiger partial charge on any atom is -0.475 e. The second-order valence-corrected chi connectivity index (χ2v) is 5.79. The van der Waals surface area contributed by atoms with Crippen molar-refractivity contribution >= 4 is 29.3 Å². The number of nitrogens with zero attached hydrogens (tertiary/aromatic N) is 5. The summed E-state index contributed by atoms with van der Waals surface area (Å²) >= 11 is 0. The first-order valence-electron chi connectivity index (χ1n) is 8.36. The number of imidazole rings is 1. The summed E-state index contributed by atoms with van der Waals surface area (Å²) in [6, 6.07) is 9.09. The average molecular weight is 363 g/mol. The molecule has 1 amide bonds. The van der Waals surface area contributed by atoms with E-state index in [0.29, 0.717) is 42.2 Å². The molecule has 0 atom stereocenters. The van der Waals surface area contributed by atoms with E-state index in [1.54, 1.807) is 42.5 Å². The molecule has 0 aliphatic carbocycles. The van der Waals surface area contributed by atoms with E-state index >= 15 is 0 Å². The van der Waals surface area contributed by atoms with Crippen LogP contribution in [0.3, 0.4) is 0 Å². The number of hydrogen-bond acceptors (Lipinski definition) is 7. The van der Waals surface area contributed by atoms with Gasteiger partial charge in [-0.3, -0.25) is 4.79 Å². The predicted molar refractivity (Wildman–Crippen MR) is 100 cm³/mol.